The van der Waals surface area contributed by atoms with Gasteiger partial charge in [0.25, 0.3) is 5.91 Å². The van der Waals surface area contributed by atoms with Crippen LogP contribution in [0.15, 0.2) is 30.3 Å². The molecule has 0 aliphatic heterocycles. The molecule has 2 aromatic rings. The van der Waals surface area contributed by atoms with E-state index in [0.717, 1.165) is 11.1 Å². The van der Waals surface area contributed by atoms with Crippen LogP contribution in [0.1, 0.15) is 21.5 Å². The van der Waals surface area contributed by atoms with Crippen molar-refractivity contribution < 1.29 is 4.79 Å². The summed E-state index contributed by atoms with van der Waals surface area (Å²) < 4.78 is 0. The van der Waals surface area contributed by atoms with Crippen molar-refractivity contribution in [1.29, 1.82) is 0 Å². The number of nitrogens with zero attached hydrogens (tertiary/aromatic N) is 1. The number of halogens is 1. The first-order valence-corrected chi connectivity index (χ1v) is 6.16. The van der Waals surface area contributed by atoms with Crippen molar-refractivity contribution in [3.8, 4) is 0 Å². The third-order valence-corrected chi connectivity index (χ3v) is 3.02. The van der Waals surface area contributed by atoms with Gasteiger partial charge >= 0.3 is 0 Å². The summed E-state index contributed by atoms with van der Waals surface area (Å²) in [7, 11) is 0. The Morgan fingerprint density at radius 3 is 2.68 bits per heavy atom. The lowest BCUT2D eigenvalue weighted by atomic mass is 10.0. The first-order chi connectivity index (χ1) is 8.97. The van der Waals surface area contributed by atoms with E-state index < -0.39 is 0 Å². The lowest BCUT2D eigenvalue weighted by molar-refractivity contribution is 0.102. The Morgan fingerprint density at radius 1 is 1.26 bits per heavy atom. The predicted molar refractivity (Wildman–Crippen MR) is 77.5 cm³/mol. The zero-order chi connectivity index (χ0) is 14.0. The monoisotopic (exact) mass is 275 g/mol. The Bertz CT molecular complexity index is 641. The second-order valence-corrected chi connectivity index (χ2v) is 4.71. The van der Waals surface area contributed by atoms with E-state index in [0.29, 0.717) is 22.2 Å². The second-order valence-electron chi connectivity index (χ2n) is 4.32. The van der Waals surface area contributed by atoms with E-state index in [1.807, 2.05) is 19.9 Å². The van der Waals surface area contributed by atoms with Crippen LogP contribution in [-0.2, 0) is 0 Å². The molecule has 98 valence electrons. The van der Waals surface area contributed by atoms with Crippen LogP contribution >= 0.6 is 11.6 Å². The number of hydrogen-bond donors (Lipinski definition) is 2. The van der Waals surface area contributed by atoms with Crippen LogP contribution in [0, 0.1) is 13.8 Å². The SMILES string of the molecule is Cc1cc(C)c(C(=O)Nc2cccc(Cl)n2)cc1N. The molecular weight excluding hydrogens is 262 g/mol. The zero-order valence-electron chi connectivity index (χ0n) is 10.7. The molecular formula is C14H14ClN3O. The minimum Gasteiger partial charge on any atom is -0.398 e. The van der Waals surface area contributed by atoms with E-state index in [1.165, 1.54) is 0 Å². The number of hydrogen-bond acceptors (Lipinski definition) is 3. The first-order valence-electron chi connectivity index (χ1n) is 5.78. The molecule has 0 atom stereocenters. The maximum absolute atomic E-state index is 12.2. The maximum Gasteiger partial charge on any atom is 0.257 e. The van der Waals surface area contributed by atoms with Crippen molar-refractivity contribution >= 4 is 29.0 Å². The Balaban J connectivity index is 2.28. The zero-order valence-corrected chi connectivity index (χ0v) is 11.5. The fraction of sp³-hybridized carbons (Fsp3) is 0.143. The van der Waals surface area contributed by atoms with Crippen molar-refractivity contribution in [2.45, 2.75) is 13.8 Å². The van der Waals surface area contributed by atoms with Crippen LogP contribution in [0.25, 0.3) is 0 Å². The fourth-order valence-electron chi connectivity index (χ4n) is 1.78. The van der Waals surface area contributed by atoms with E-state index in [9.17, 15) is 4.79 Å². The summed E-state index contributed by atoms with van der Waals surface area (Å²) >= 11 is 5.77. The van der Waals surface area contributed by atoms with Gasteiger partial charge in [0.15, 0.2) is 0 Å². The first kappa shape index (κ1) is 13.4. The average molecular weight is 276 g/mol. The minimum absolute atomic E-state index is 0.251. The van der Waals surface area contributed by atoms with Crippen LogP contribution in [-0.4, -0.2) is 10.9 Å². The van der Waals surface area contributed by atoms with Gasteiger partial charge in [-0.3, -0.25) is 4.79 Å². The van der Waals surface area contributed by atoms with Crippen molar-refractivity contribution in [2.24, 2.45) is 0 Å². The molecule has 1 aromatic carbocycles. The summed E-state index contributed by atoms with van der Waals surface area (Å²) in [6.45, 7) is 3.77. The van der Waals surface area contributed by atoms with E-state index in [4.69, 9.17) is 17.3 Å². The molecule has 0 radical (unpaired) electrons. The molecule has 0 bridgehead atoms. The second kappa shape index (κ2) is 5.28. The number of nitrogens with one attached hydrogen (secondary N) is 1. The number of nitrogens with two attached hydrogens (primary N) is 1. The van der Waals surface area contributed by atoms with E-state index in [-0.39, 0.29) is 5.91 Å². The summed E-state index contributed by atoms with van der Waals surface area (Å²) in [5.74, 6) is 0.162. The van der Waals surface area contributed by atoms with Crippen molar-refractivity contribution in [2.75, 3.05) is 11.1 Å². The summed E-state index contributed by atoms with van der Waals surface area (Å²) in [5, 5.41) is 3.03. The van der Waals surface area contributed by atoms with Crippen LogP contribution in [0.2, 0.25) is 5.15 Å². The molecule has 1 heterocycles. The lowest BCUT2D eigenvalue weighted by Crippen LogP contribution is -2.15. The van der Waals surface area contributed by atoms with Gasteiger partial charge in [0, 0.05) is 11.3 Å². The van der Waals surface area contributed by atoms with Gasteiger partial charge < -0.3 is 11.1 Å². The normalized spacial score (nSPS) is 10.3. The number of amides is 1. The highest BCUT2D eigenvalue weighted by Crippen LogP contribution is 2.19. The summed E-state index contributed by atoms with van der Waals surface area (Å²) in [5.41, 5.74) is 8.77. The quantitative estimate of drug-likeness (QED) is 0.653. The molecule has 5 heteroatoms. The summed E-state index contributed by atoms with van der Waals surface area (Å²) in [6.07, 6.45) is 0. The number of anilines is 2. The number of pyridine rings is 1. The number of benzene rings is 1. The molecule has 19 heavy (non-hydrogen) atoms. The fourth-order valence-corrected chi connectivity index (χ4v) is 1.94. The molecule has 2 rings (SSSR count). The molecule has 0 aliphatic carbocycles. The van der Waals surface area contributed by atoms with Crippen LogP contribution < -0.4 is 11.1 Å². The molecule has 1 amide bonds. The van der Waals surface area contributed by atoms with Crippen LogP contribution in [0.4, 0.5) is 11.5 Å². The number of carbonyl (C=O) groups is 1. The summed E-state index contributed by atoms with van der Waals surface area (Å²) in [4.78, 5) is 16.2. The molecule has 0 unspecified atom stereocenters. The molecule has 1 aromatic heterocycles. The van der Waals surface area contributed by atoms with Crippen molar-refractivity contribution in [1.82, 2.24) is 4.98 Å². The molecule has 0 saturated carbocycles. The molecule has 0 fully saturated rings. The molecule has 0 aliphatic rings. The van der Waals surface area contributed by atoms with Crippen molar-refractivity contribution in [3.63, 3.8) is 0 Å². The molecule has 0 spiro atoms. The number of carbonyl (C=O) groups excluding carboxylic acids is 1. The third kappa shape index (κ3) is 3.03. The van der Waals surface area contributed by atoms with Gasteiger partial charge in [0.2, 0.25) is 0 Å². The lowest BCUT2D eigenvalue weighted by Gasteiger charge is -2.10. The number of rotatable bonds is 2. The average Bonchev–Trinajstić information content (AvgIpc) is 2.33. The van der Waals surface area contributed by atoms with Gasteiger partial charge in [0.1, 0.15) is 11.0 Å². The van der Waals surface area contributed by atoms with Gasteiger partial charge in [-0.15, -0.1) is 0 Å². The van der Waals surface area contributed by atoms with Gasteiger partial charge in [-0.1, -0.05) is 23.7 Å². The van der Waals surface area contributed by atoms with Gasteiger partial charge in [-0.2, -0.15) is 0 Å². The third-order valence-electron chi connectivity index (χ3n) is 2.81. The van der Waals surface area contributed by atoms with Crippen LogP contribution in [0.5, 0.6) is 0 Å². The van der Waals surface area contributed by atoms with Gasteiger partial charge in [-0.25, -0.2) is 4.98 Å². The van der Waals surface area contributed by atoms with Crippen molar-refractivity contribution in [3.05, 3.63) is 52.2 Å². The molecule has 3 N–H and O–H groups in total. The van der Waals surface area contributed by atoms with Crippen LogP contribution in [0.3, 0.4) is 0 Å². The highest BCUT2D eigenvalue weighted by Gasteiger charge is 2.11. The Labute approximate surface area is 116 Å². The number of aryl methyl sites for hydroxylation is 2. The largest absolute Gasteiger partial charge is 0.398 e. The Morgan fingerprint density at radius 2 is 2.00 bits per heavy atom. The highest BCUT2D eigenvalue weighted by atomic mass is 35.5. The number of nitrogen functional groups attached to an aromatic ring is 1. The van der Waals surface area contributed by atoms with Gasteiger partial charge in [0.05, 0.1) is 0 Å². The Hall–Kier alpha value is -2.07. The number of aromatic nitrogens is 1. The van der Waals surface area contributed by atoms with E-state index >= 15 is 0 Å². The topological polar surface area (TPSA) is 68.0 Å². The standard InChI is InChI=1S/C14H14ClN3O/c1-8-6-9(2)11(16)7-10(8)14(19)18-13-5-3-4-12(15)17-13/h3-7H,16H2,1-2H3,(H,17,18,19). The molecule has 0 saturated heterocycles. The minimum atomic E-state index is -0.251. The van der Waals surface area contributed by atoms with E-state index in [1.54, 1.807) is 24.3 Å². The smallest absolute Gasteiger partial charge is 0.257 e. The summed E-state index contributed by atoms with van der Waals surface area (Å²) in [6, 6.07) is 8.60. The molecule has 4 nitrogen and oxygen atoms in total. The Kier molecular flexibility index (Phi) is 3.71. The predicted octanol–water partition coefficient (Wildman–Crippen LogP) is 3.19. The highest BCUT2D eigenvalue weighted by molar-refractivity contribution is 6.29. The van der Waals surface area contributed by atoms with E-state index in [2.05, 4.69) is 10.3 Å². The van der Waals surface area contributed by atoms with Gasteiger partial charge in [-0.05, 0) is 43.2 Å². The maximum atomic E-state index is 12.2.